The van der Waals surface area contributed by atoms with E-state index in [4.69, 9.17) is 5.11 Å². The van der Waals surface area contributed by atoms with Crippen molar-refractivity contribution in [2.45, 2.75) is 24.0 Å². The third-order valence-corrected chi connectivity index (χ3v) is 2.78. The Balaban J connectivity index is 2.45. The van der Waals surface area contributed by atoms with E-state index in [1.807, 2.05) is 0 Å². The molecule has 0 radical (unpaired) electrons. The Labute approximate surface area is 60.6 Å². The van der Waals surface area contributed by atoms with Gasteiger partial charge in [-0.05, 0) is 6.42 Å². The van der Waals surface area contributed by atoms with Gasteiger partial charge in [0.25, 0.3) is 0 Å². The van der Waals surface area contributed by atoms with Crippen molar-refractivity contribution in [1.29, 1.82) is 0 Å². The molecule has 1 aliphatic heterocycles. The number of thioether (sulfide) groups is 1. The summed E-state index contributed by atoms with van der Waals surface area (Å²) in [6, 6.07) is 0. The first-order valence-corrected chi connectivity index (χ1v) is 3.91. The first-order valence-electron chi connectivity index (χ1n) is 2.86. The monoisotopic (exact) mass is 172 g/mol. The predicted molar refractivity (Wildman–Crippen MR) is 32.9 cm³/mol. The molecule has 0 spiro atoms. The van der Waals surface area contributed by atoms with Crippen LogP contribution in [0.2, 0.25) is 0 Å². The standard InChI is InChI=1S/C5H7F3OS/c6-5(7,8)4-1-3(9)2-10-4/h3-4,9H,1-2H2. The summed E-state index contributed by atoms with van der Waals surface area (Å²) in [5.74, 6) is 0.212. The van der Waals surface area contributed by atoms with Crippen molar-refractivity contribution in [2.75, 3.05) is 5.75 Å². The average molecular weight is 172 g/mol. The largest absolute Gasteiger partial charge is 0.400 e. The number of halogens is 3. The Morgan fingerprint density at radius 1 is 1.40 bits per heavy atom. The molecule has 1 heterocycles. The van der Waals surface area contributed by atoms with Crippen molar-refractivity contribution < 1.29 is 18.3 Å². The number of hydrogen-bond acceptors (Lipinski definition) is 2. The van der Waals surface area contributed by atoms with E-state index in [0.29, 0.717) is 0 Å². The van der Waals surface area contributed by atoms with Crippen molar-refractivity contribution in [3.05, 3.63) is 0 Å². The molecule has 1 saturated heterocycles. The first kappa shape index (κ1) is 8.20. The lowest BCUT2D eigenvalue weighted by Gasteiger charge is -2.11. The normalized spacial score (nSPS) is 34.8. The molecule has 0 aromatic carbocycles. The Morgan fingerprint density at radius 3 is 2.20 bits per heavy atom. The Hall–Kier alpha value is 0.100. The highest BCUT2D eigenvalue weighted by molar-refractivity contribution is 8.00. The lowest BCUT2D eigenvalue weighted by atomic mass is 10.2. The number of rotatable bonds is 0. The van der Waals surface area contributed by atoms with Crippen LogP contribution in [0.3, 0.4) is 0 Å². The quantitative estimate of drug-likeness (QED) is 0.596. The van der Waals surface area contributed by atoms with Crippen LogP contribution in [0.1, 0.15) is 6.42 Å². The molecule has 1 rings (SSSR count). The van der Waals surface area contributed by atoms with Gasteiger partial charge in [0.1, 0.15) is 5.25 Å². The smallest absolute Gasteiger partial charge is 0.392 e. The molecule has 1 N–H and O–H groups in total. The lowest BCUT2D eigenvalue weighted by Crippen LogP contribution is -2.24. The molecule has 0 aromatic rings. The molecule has 1 nitrogen and oxygen atoms in total. The minimum atomic E-state index is -4.14. The van der Waals surface area contributed by atoms with Crippen LogP contribution in [0.4, 0.5) is 13.2 Å². The minimum absolute atomic E-state index is 0.145. The van der Waals surface area contributed by atoms with Gasteiger partial charge in [0.05, 0.1) is 6.10 Å². The van der Waals surface area contributed by atoms with Crippen LogP contribution in [0.15, 0.2) is 0 Å². The van der Waals surface area contributed by atoms with Crippen LogP contribution >= 0.6 is 11.8 Å². The van der Waals surface area contributed by atoms with Crippen LogP contribution < -0.4 is 0 Å². The number of aliphatic hydroxyl groups excluding tert-OH is 1. The van der Waals surface area contributed by atoms with Gasteiger partial charge in [-0.1, -0.05) is 0 Å². The Kier molecular flexibility index (Phi) is 2.15. The summed E-state index contributed by atoms with van der Waals surface area (Å²) in [5, 5.41) is 7.40. The fraction of sp³-hybridized carbons (Fsp3) is 1.00. The fourth-order valence-electron chi connectivity index (χ4n) is 0.839. The highest BCUT2D eigenvalue weighted by Crippen LogP contribution is 2.38. The summed E-state index contributed by atoms with van der Waals surface area (Å²) >= 11 is 0.782. The fourth-order valence-corrected chi connectivity index (χ4v) is 1.98. The van der Waals surface area contributed by atoms with E-state index in [1.165, 1.54) is 0 Å². The molecule has 1 fully saturated rings. The van der Waals surface area contributed by atoms with E-state index in [9.17, 15) is 13.2 Å². The van der Waals surface area contributed by atoms with Crippen molar-refractivity contribution in [3.8, 4) is 0 Å². The summed E-state index contributed by atoms with van der Waals surface area (Å²) in [6.07, 6.45) is -5.05. The molecular formula is C5H7F3OS. The molecule has 5 heteroatoms. The molecule has 0 aliphatic carbocycles. The summed E-state index contributed by atoms with van der Waals surface area (Å²) in [4.78, 5) is 0. The van der Waals surface area contributed by atoms with Crippen molar-refractivity contribution in [2.24, 2.45) is 0 Å². The zero-order valence-corrected chi connectivity index (χ0v) is 5.87. The van der Waals surface area contributed by atoms with E-state index in [0.717, 1.165) is 11.8 Å². The second-order valence-electron chi connectivity index (χ2n) is 2.25. The molecular weight excluding hydrogens is 165 g/mol. The van der Waals surface area contributed by atoms with Gasteiger partial charge in [0.2, 0.25) is 0 Å². The molecule has 0 amide bonds. The van der Waals surface area contributed by atoms with Gasteiger partial charge in [0.15, 0.2) is 0 Å². The van der Waals surface area contributed by atoms with Crippen LogP contribution in [0.25, 0.3) is 0 Å². The van der Waals surface area contributed by atoms with Crippen LogP contribution in [-0.4, -0.2) is 28.4 Å². The Bertz CT molecular complexity index is 125. The van der Waals surface area contributed by atoms with Gasteiger partial charge < -0.3 is 5.11 Å². The maximum atomic E-state index is 11.8. The zero-order valence-electron chi connectivity index (χ0n) is 5.06. The summed E-state index contributed by atoms with van der Waals surface area (Å²) in [6.45, 7) is 0. The highest BCUT2D eigenvalue weighted by atomic mass is 32.2. The van der Waals surface area contributed by atoms with Crippen molar-refractivity contribution in [3.63, 3.8) is 0 Å². The zero-order chi connectivity index (χ0) is 7.78. The van der Waals surface area contributed by atoms with Gasteiger partial charge in [-0.25, -0.2) is 0 Å². The Morgan fingerprint density at radius 2 is 2.00 bits per heavy atom. The summed E-state index contributed by atoms with van der Waals surface area (Å²) < 4.78 is 35.4. The number of aliphatic hydroxyl groups is 1. The molecule has 60 valence electrons. The van der Waals surface area contributed by atoms with E-state index in [-0.39, 0.29) is 12.2 Å². The summed E-state index contributed by atoms with van der Waals surface area (Å²) in [5.41, 5.74) is 0. The van der Waals surface area contributed by atoms with Crippen molar-refractivity contribution in [1.82, 2.24) is 0 Å². The van der Waals surface area contributed by atoms with Crippen molar-refractivity contribution >= 4 is 11.8 Å². The van der Waals surface area contributed by atoms with Gasteiger partial charge >= 0.3 is 6.18 Å². The SMILES string of the molecule is OC1CSC(C(F)(F)F)C1. The topological polar surface area (TPSA) is 20.2 Å². The molecule has 0 aromatic heterocycles. The molecule has 0 bridgehead atoms. The van der Waals surface area contributed by atoms with Crippen LogP contribution in [-0.2, 0) is 0 Å². The lowest BCUT2D eigenvalue weighted by molar-refractivity contribution is -0.131. The first-order chi connectivity index (χ1) is 4.50. The van der Waals surface area contributed by atoms with Gasteiger partial charge in [-0.2, -0.15) is 13.2 Å². The van der Waals surface area contributed by atoms with E-state index < -0.39 is 17.5 Å². The molecule has 10 heavy (non-hydrogen) atoms. The predicted octanol–water partition coefficient (Wildman–Crippen LogP) is 1.42. The maximum Gasteiger partial charge on any atom is 0.400 e. The van der Waals surface area contributed by atoms with E-state index >= 15 is 0 Å². The van der Waals surface area contributed by atoms with E-state index in [1.54, 1.807) is 0 Å². The molecule has 2 atom stereocenters. The van der Waals surface area contributed by atoms with Gasteiger partial charge in [-0.15, -0.1) is 11.8 Å². The molecule has 1 aliphatic rings. The second kappa shape index (κ2) is 2.62. The highest BCUT2D eigenvalue weighted by Gasteiger charge is 2.44. The average Bonchev–Trinajstić information content (AvgIpc) is 2.11. The summed E-state index contributed by atoms with van der Waals surface area (Å²) in [7, 11) is 0. The maximum absolute atomic E-state index is 11.8. The molecule has 0 saturated carbocycles. The van der Waals surface area contributed by atoms with Crippen LogP contribution in [0.5, 0.6) is 0 Å². The number of alkyl halides is 3. The van der Waals surface area contributed by atoms with Crippen LogP contribution in [0, 0.1) is 0 Å². The third-order valence-electron chi connectivity index (χ3n) is 1.34. The number of hydrogen-bond donors (Lipinski definition) is 1. The third kappa shape index (κ3) is 1.79. The molecule has 2 unspecified atom stereocenters. The van der Waals surface area contributed by atoms with E-state index in [2.05, 4.69) is 0 Å². The second-order valence-corrected chi connectivity index (χ2v) is 3.49. The van der Waals surface area contributed by atoms with Gasteiger partial charge in [-0.3, -0.25) is 0 Å². The van der Waals surface area contributed by atoms with Gasteiger partial charge in [0, 0.05) is 5.75 Å². The minimum Gasteiger partial charge on any atom is -0.392 e.